The fourth-order valence-electron chi connectivity index (χ4n) is 8.55. The monoisotopic (exact) mass is 758 g/mol. The van der Waals surface area contributed by atoms with Gasteiger partial charge in [-0.3, -0.25) is 9.59 Å². The lowest BCUT2D eigenvalue weighted by molar-refractivity contribution is -0.150. The van der Waals surface area contributed by atoms with Crippen LogP contribution >= 0.6 is 0 Å². The minimum Gasteiger partial charge on any atom is -0.479 e. The van der Waals surface area contributed by atoms with E-state index in [-0.39, 0.29) is 31.3 Å². The second-order valence-electron chi connectivity index (χ2n) is 15.2. The number of pyridine rings is 2. The first-order chi connectivity index (χ1) is 27.2. The summed E-state index contributed by atoms with van der Waals surface area (Å²) in [7, 11) is 0. The highest BCUT2D eigenvalue weighted by Gasteiger charge is 2.48. The molecule has 4 aromatic rings. The first kappa shape index (κ1) is 38.5. The van der Waals surface area contributed by atoms with E-state index < -0.39 is 23.0 Å². The van der Waals surface area contributed by atoms with Gasteiger partial charge in [-0.15, -0.1) is 0 Å². The van der Waals surface area contributed by atoms with Crippen molar-refractivity contribution in [2.45, 2.75) is 82.2 Å². The number of anilines is 2. The second-order valence-corrected chi connectivity index (χ2v) is 15.2. The van der Waals surface area contributed by atoms with Gasteiger partial charge in [0.2, 0.25) is 0 Å². The number of aliphatic carboxylic acids is 1. The number of rotatable bonds is 9. The Kier molecular flexibility index (Phi) is 11.6. The Labute approximate surface area is 327 Å². The Morgan fingerprint density at radius 3 is 1.39 bits per heavy atom. The predicted octanol–water partition coefficient (Wildman–Crippen LogP) is 5.33. The van der Waals surface area contributed by atoms with Gasteiger partial charge in [0.25, 0.3) is 11.8 Å². The molecular weight excluding hydrogens is 709 g/mol. The van der Waals surface area contributed by atoms with E-state index in [1.165, 1.54) is 12.8 Å². The molecule has 2 aliphatic heterocycles. The summed E-state index contributed by atoms with van der Waals surface area (Å²) >= 11 is 0. The van der Waals surface area contributed by atoms with Crippen LogP contribution in [0.15, 0.2) is 85.2 Å². The third-order valence-electron chi connectivity index (χ3n) is 11.4. The summed E-state index contributed by atoms with van der Waals surface area (Å²) in [4.78, 5) is 64.5. The topological polar surface area (TPSA) is 154 Å². The lowest BCUT2D eigenvalue weighted by atomic mass is 9.95. The van der Waals surface area contributed by atoms with Crippen molar-refractivity contribution >= 4 is 35.1 Å². The number of fused-ring (bicyclic) bond motifs is 2. The summed E-state index contributed by atoms with van der Waals surface area (Å²) in [6.45, 7) is 5.67. The number of aromatic nitrogens is 2. The van der Waals surface area contributed by atoms with Crippen molar-refractivity contribution in [1.29, 1.82) is 0 Å². The summed E-state index contributed by atoms with van der Waals surface area (Å²) in [5.74, 6) is -2.15. The predicted molar refractivity (Wildman–Crippen MR) is 213 cm³/mol. The van der Waals surface area contributed by atoms with Gasteiger partial charge >= 0.3 is 11.9 Å². The number of amides is 2. The molecule has 2 amide bonds. The Morgan fingerprint density at radius 1 is 0.607 bits per heavy atom. The van der Waals surface area contributed by atoms with Crippen LogP contribution in [0.3, 0.4) is 0 Å². The molecular formula is C44H50N6O6. The molecule has 2 aromatic carbocycles. The van der Waals surface area contributed by atoms with Crippen molar-refractivity contribution in [3.8, 4) is 0 Å². The van der Waals surface area contributed by atoms with Crippen molar-refractivity contribution < 1.29 is 29.0 Å². The van der Waals surface area contributed by atoms with Crippen LogP contribution in [0.25, 0.3) is 0 Å². The number of carboxylic acids is 1. The summed E-state index contributed by atoms with van der Waals surface area (Å²) in [5, 5.41) is 15.7. The fraction of sp³-hybridized carbons (Fsp3) is 0.409. The van der Waals surface area contributed by atoms with E-state index in [1.807, 2.05) is 72.8 Å². The molecule has 2 aliphatic carbocycles. The molecule has 292 valence electrons. The molecule has 4 aliphatic rings. The van der Waals surface area contributed by atoms with Crippen molar-refractivity contribution in [1.82, 2.24) is 20.6 Å². The Hall–Kier alpha value is -5.78. The molecule has 12 nitrogen and oxygen atoms in total. The van der Waals surface area contributed by atoms with Gasteiger partial charge in [0.05, 0.1) is 18.0 Å². The maximum atomic E-state index is 13.3. The van der Waals surface area contributed by atoms with Crippen LogP contribution < -0.4 is 20.4 Å². The normalized spacial score (nSPS) is 17.7. The minimum absolute atomic E-state index is 0.273. The van der Waals surface area contributed by atoms with Crippen LogP contribution in [0.1, 0.15) is 88.7 Å². The second kappa shape index (κ2) is 16.9. The number of piperidine rings is 2. The first-order valence-corrected chi connectivity index (χ1v) is 19.8. The quantitative estimate of drug-likeness (QED) is 0.191. The number of ether oxygens (including phenoxy) is 1. The Bertz CT molecular complexity index is 2020. The molecule has 3 N–H and O–H groups in total. The highest BCUT2D eigenvalue weighted by Crippen LogP contribution is 2.34. The summed E-state index contributed by atoms with van der Waals surface area (Å²) in [5.41, 5.74) is 3.95. The van der Waals surface area contributed by atoms with Crippen molar-refractivity contribution in [2.75, 3.05) is 42.6 Å². The molecule has 0 atom stereocenters. The Morgan fingerprint density at radius 2 is 1.00 bits per heavy atom. The first-order valence-electron chi connectivity index (χ1n) is 19.8. The molecule has 0 radical (unpaired) electrons. The number of carbonyl (C=O) groups is 4. The zero-order valence-electron chi connectivity index (χ0n) is 32.0. The number of carbonyl (C=O) groups excluding carboxylic acids is 3. The van der Waals surface area contributed by atoms with Crippen molar-refractivity contribution in [2.24, 2.45) is 0 Å². The van der Waals surface area contributed by atoms with E-state index in [1.54, 1.807) is 19.3 Å². The van der Waals surface area contributed by atoms with Gasteiger partial charge in [-0.1, -0.05) is 48.5 Å². The van der Waals surface area contributed by atoms with Crippen LogP contribution in [0.5, 0.6) is 0 Å². The number of benzene rings is 2. The van der Waals surface area contributed by atoms with Crippen LogP contribution in [-0.2, 0) is 40.0 Å². The maximum absolute atomic E-state index is 13.3. The molecule has 2 fully saturated rings. The molecule has 0 spiro atoms. The molecule has 0 unspecified atom stereocenters. The van der Waals surface area contributed by atoms with Gasteiger partial charge in [0, 0.05) is 64.3 Å². The van der Waals surface area contributed by atoms with E-state index in [0.29, 0.717) is 24.2 Å². The highest BCUT2D eigenvalue weighted by molar-refractivity contribution is 6.02. The minimum atomic E-state index is -1.32. The van der Waals surface area contributed by atoms with Crippen molar-refractivity contribution in [3.63, 3.8) is 0 Å². The number of hydrogen-bond donors (Lipinski definition) is 3. The average Bonchev–Trinajstić information content (AvgIpc) is 3.81. The third kappa shape index (κ3) is 8.10. The maximum Gasteiger partial charge on any atom is 0.332 e. The van der Waals surface area contributed by atoms with E-state index in [9.17, 15) is 24.3 Å². The lowest BCUT2D eigenvalue weighted by Crippen LogP contribution is -2.56. The van der Waals surface area contributed by atoms with E-state index in [4.69, 9.17) is 4.74 Å². The van der Waals surface area contributed by atoms with E-state index in [2.05, 4.69) is 30.4 Å². The summed E-state index contributed by atoms with van der Waals surface area (Å²) < 4.78 is 5.36. The number of esters is 1. The largest absolute Gasteiger partial charge is 0.479 e. The van der Waals surface area contributed by atoms with Crippen LogP contribution in [0.4, 0.5) is 11.4 Å². The van der Waals surface area contributed by atoms with Gasteiger partial charge in [-0.25, -0.2) is 19.6 Å². The average molecular weight is 759 g/mol. The molecule has 12 heteroatoms. The molecule has 2 aromatic heterocycles. The van der Waals surface area contributed by atoms with Gasteiger partial charge in [0.15, 0.2) is 11.4 Å². The highest BCUT2D eigenvalue weighted by atomic mass is 16.5. The third-order valence-corrected chi connectivity index (χ3v) is 11.4. The zero-order valence-corrected chi connectivity index (χ0v) is 32.0. The number of carboxylic acid groups (broad SMARTS) is 1. The molecule has 56 heavy (non-hydrogen) atoms. The molecule has 8 rings (SSSR count). The molecule has 0 bridgehead atoms. The molecule has 4 heterocycles. The SMILES string of the molecule is CCOC(=O)C1(NC(=O)c2ncccc2N2CCCCC2)Cc2ccccc2C1.O=C(NC1(C(=O)O)Cc2ccccc2C1)c1ncccc1N1CCCCC1. The van der Waals surface area contributed by atoms with Crippen molar-refractivity contribution in [3.05, 3.63) is 119 Å². The standard InChI is InChI=1S/C23H27N3O3.C21H23N3O3/c1-2-29-22(28)23(15-17-9-4-5-10-18(17)16-23)25-21(27)20-19(11-8-12-24-20)26-13-6-3-7-14-26;25-19(18-17(9-6-10-22-18)24-11-4-1-5-12-24)23-21(20(26)27)13-15-7-2-3-8-16(15)14-21/h4-5,8-12H,2-3,6-7,13-16H2,1H3,(H,25,27);2-3,6-10H,1,4-5,11-14H2,(H,23,25)(H,26,27). The van der Waals surface area contributed by atoms with E-state index in [0.717, 1.165) is 85.5 Å². The number of hydrogen-bond acceptors (Lipinski definition) is 9. The van der Waals surface area contributed by atoms with Crippen LogP contribution in [0, 0.1) is 0 Å². The lowest BCUT2D eigenvalue weighted by Gasteiger charge is -2.31. The van der Waals surface area contributed by atoms with Gasteiger partial charge < -0.3 is 30.3 Å². The van der Waals surface area contributed by atoms with E-state index >= 15 is 0 Å². The fourth-order valence-corrected chi connectivity index (χ4v) is 8.55. The van der Waals surface area contributed by atoms with Crippen LogP contribution in [-0.4, -0.2) is 82.7 Å². The summed E-state index contributed by atoms with van der Waals surface area (Å²) in [6.07, 6.45) is 11.4. The zero-order chi connectivity index (χ0) is 39.1. The number of nitrogens with zero attached hydrogens (tertiary/aromatic N) is 4. The van der Waals surface area contributed by atoms with Gasteiger partial charge in [-0.2, -0.15) is 0 Å². The number of nitrogens with one attached hydrogen (secondary N) is 2. The van der Waals surface area contributed by atoms with Gasteiger partial charge in [-0.05, 0) is 92.0 Å². The molecule has 0 saturated carbocycles. The summed E-state index contributed by atoms with van der Waals surface area (Å²) in [6, 6.07) is 23.1. The smallest absolute Gasteiger partial charge is 0.332 e. The van der Waals surface area contributed by atoms with Gasteiger partial charge in [0.1, 0.15) is 11.1 Å². The Balaban J connectivity index is 0.000000172. The van der Waals surface area contributed by atoms with Crippen LogP contribution in [0.2, 0.25) is 0 Å². The molecule has 2 saturated heterocycles.